The van der Waals surface area contributed by atoms with E-state index in [1.165, 1.54) is 6.39 Å². The summed E-state index contributed by atoms with van der Waals surface area (Å²) in [7, 11) is 0. The van der Waals surface area contributed by atoms with Gasteiger partial charge in [0.05, 0.1) is 0 Å². The van der Waals surface area contributed by atoms with Crippen molar-refractivity contribution in [3.05, 3.63) is 30.0 Å². The number of rotatable bonds is 4. The van der Waals surface area contributed by atoms with E-state index in [1.807, 2.05) is 19.1 Å². The second-order valence-corrected chi connectivity index (χ2v) is 4.07. The van der Waals surface area contributed by atoms with Crippen LogP contribution in [0.5, 0.6) is 0 Å². The molecule has 0 bridgehead atoms. The first-order valence-corrected chi connectivity index (χ1v) is 5.39. The molecule has 0 fully saturated rings. The first-order chi connectivity index (χ1) is 7.66. The molecule has 16 heavy (non-hydrogen) atoms. The van der Waals surface area contributed by atoms with Crippen molar-refractivity contribution in [2.24, 2.45) is 0 Å². The number of oxazole rings is 1. The van der Waals surface area contributed by atoms with Crippen LogP contribution in [0, 0.1) is 6.92 Å². The molecule has 0 saturated carbocycles. The Morgan fingerprint density at radius 2 is 2.19 bits per heavy atom. The average Bonchev–Trinajstić information content (AvgIpc) is 2.82. The molecular formula is C12H16N2O2. The van der Waals surface area contributed by atoms with Gasteiger partial charge in [0.25, 0.3) is 0 Å². The maximum atomic E-state index is 5.51. The van der Waals surface area contributed by atoms with E-state index in [-0.39, 0.29) is 0 Å². The minimum absolute atomic E-state index is 0.419. The topological polar surface area (TPSA) is 51.2 Å². The quantitative estimate of drug-likeness (QED) is 0.860. The predicted molar refractivity (Wildman–Crippen MR) is 60.9 cm³/mol. The van der Waals surface area contributed by atoms with Crippen LogP contribution in [0.2, 0.25) is 0 Å². The zero-order valence-electron chi connectivity index (χ0n) is 9.78. The molecule has 0 aromatic carbocycles. The molecule has 4 heteroatoms. The van der Waals surface area contributed by atoms with Crippen LogP contribution in [0.4, 0.5) is 0 Å². The van der Waals surface area contributed by atoms with Crippen molar-refractivity contribution in [3.63, 3.8) is 0 Å². The van der Waals surface area contributed by atoms with Crippen LogP contribution in [0.15, 0.2) is 27.4 Å². The molecule has 0 radical (unpaired) electrons. The van der Waals surface area contributed by atoms with Crippen molar-refractivity contribution in [2.75, 3.05) is 0 Å². The molecule has 4 nitrogen and oxygen atoms in total. The molecule has 0 aliphatic heterocycles. The summed E-state index contributed by atoms with van der Waals surface area (Å²) in [4.78, 5) is 4.18. The molecule has 0 atom stereocenters. The van der Waals surface area contributed by atoms with Crippen molar-refractivity contribution in [1.82, 2.24) is 10.3 Å². The number of furan rings is 1. The summed E-state index contributed by atoms with van der Waals surface area (Å²) < 4.78 is 10.9. The summed E-state index contributed by atoms with van der Waals surface area (Å²) in [6.07, 6.45) is 1.45. The highest BCUT2D eigenvalue weighted by molar-refractivity contribution is 5.52. The van der Waals surface area contributed by atoms with Crippen molar-refractivity contribution >= 4 is 0 Å². The van der Waals surface area contributed by atoms with Gasteiger partial charge in [-0.15, -0.1) is 0 Å². The molecule has 2 aromatic rings. The van der Waals surface area contributed by atoms with E-state index in [1.54, 1.807) is 0 Å². The van der Waals surface area contributed by atoms with E-state index in [2.05, 4.69) is 24.1 Å². The third-order valence-electron chi connectivity index (χ3n) is 2.28. The van der Waals surface area contributed by atoms with Gasteiger partial charge in [0, 0.05) is 12.6 Å². The van der Waals surface area contributed by atoms with E-state index in [0.717, 1.165) is 17.2 Å². The molecule has 0 unspecified atom stereocenters. The second kappa shape index (κ2) is 4.53. The molecule has 0 aliphatic rings. The maximum absolute atomic E-state index is 5.51. The minimum atomic E-state index is 0.419. The van der Waals surface area contributed by atoms with E-state index < -0.39 is 0 Å². The molecule has 0 spiro atoms. The highest BCUT2D eigenvalue weighted by atomic mass is 16.4. The van der Waals surface area contributed by atoms with Crippen molar-refractivity contribution in [1.29, 1.82) is 0 Å². The van der Waals surface area contributed by atoms with Gasteiger partial charge >= 0.3 is 0 Å². The first-order valence-electron chi connectivity index (χ1n) is 5.39. The first kappa shape index (κ1) is 11.0. The zero-order chi connectivity index (χ0) is 11.5. The standard InChI is InChI=1S/C12H16N2O2/c1-8(2)13-6-10-12(15-7-14-10)11-5-4-9(3)16-11/h4-5,7-8,13H,6H2,1-3H3. The number of nitrogens with zero attached hydrogens (tertiary/aromatic N) is 1. The highest BCUT2D eigenvalue weighted by Crippen LogP contribution is 2.24. The molecule has 2 heterocycles. The SMILES string of the molecule is Cc1ccc(-c2ocnc2CNC(C)C)o1. The van der Waals surface area contributed by atoms with E-state index in [9.17, 15) is 0 Å². The maximum Gasteiger partial charge on any atom is 0.194 e. The molecule has 1 N–H and O–H groups in total. The van der Waals surface area contributed by atoms with Gasteiger partial charge in [-0.05, 0) is 19.1 Å². The Morgan fingerprint density at radius 1 is 1.38 bits per heavy atom. The molecule has 0 aliphatic carbocycles. The molecule has 0 saturated heterocycles. The lowest BCUT2D eigenvalue weighted by molar-refractivity contribution is 0.501. The Labute approximate surface area is 94.7 Å². The Bertz CT molecular complexity index is 457. The van der Waals surface area contributed by atoms with Gasteiger partial charge in [-0.25, -0.2) is 4.98 Å². The Kier molecular flexibility index (Phi) is 3.10. The summed E-state index contributed by atoms with van der Waals surface area (Å²) in [5.74, 6) is 2.31. The van der Waals surface area contributed by atoms with Crippen LogP contribution >= 0.6 is 0 Å². The molecule has 0 amide bonds. The van der Waals surface area contributed by atoms with Crippen LogP contribution in [-0.4, -0.2) is 11.0 Å². The van der Waals surface area contributed by atoms with E-state index in [0.29, 0.717) is 18.3 Å². The zero-order valence-corrected chi connectivity index (χ0v) is 9.78. The largest absolute Gasteiger partial charge is 0.458 e. The van der Waals surface area contributed by atoms with Gasteiger partial charge in [-0.3, -0.25) is 0 Å². The number of aromatic nitrogens is 1. The lowest BCUT2D eigenvalue weighted by Gasteiger charge is -2.05. The molecule has 2 aromatic heterocycles. The highest BCUT2D eigenvalue weighted by Gasteiger charge is 2.13. The van der Waals surface area contributed by atoms with Crippen molar-refractivity contribution in [3.8, 4) is 11.5 Å². The smallest absolute Gasteiger partial charge is 0.194 e. The van der Waals surface area contributed by atoms with Crippen LogP contribution in [-0.2, 0) is 6.54 Å². The fourth-order valence-corrected chi connectivity index (χ4v) is 1.45. The predicted octanol–water partition coefficient (Wildman–Crippen LogP) is 2.74. The Hall–Kier alpha value is -1.55. The minimum Gasteiger partial charge on any atom is -0.458 e. The van der Waals surface area contributed by atoms with Gasteiger partial charge in [0.15, 0.2) is 17.9 Å². The third kappa shape index (κ3) is 2.33. The fourth-order valence-electron chi connectivity index (χ4n) is 1.45. The number of hydrogen-bond acceptors (Lipinski definition) is 4. The van der Waals surface area contributed by atoms with Gasteiger partial charge in [-0.2, -0.15) is 0 Å². The summed E-state index contributed by atoms with van der Waals surface area (Å²) in [5.41, 5.74) is 0.878. The van der Waals surface area contributed by atoms with E-state index in [4.69, 9.17) is 8.83 Å². The lowest BCUT2D eigenvalue weighted by atomic mass is 10.2. The summed E-state index contributed by atoms with van der Waals surface area (Å²) >= 11 is 0. The van der Waals surface area contributed by atoms with E-state index >= 15 is 0 Å². The van der Waals surface area contributed by atoms with Crippen LogP contribution < -0.4 is 5.32 Å². The molecule has 86 valence electrons. The normalized spacial score (nSPS) is 11.2. The van der Waals surface area contributed by atoms with Gasteiger partial charge in [0.1, 0.15) is 11.5 Å². The number of aryl methyl sites for hydroxylation is 1. The summed E-state index contributed by atoms with van der Waals surface area (Å²) in [5, 5.41) is 3.30. The van der Waals surface area contributed by atoms with Crippen LogP contribution in [0.25, 0.3) is 11.5 Å². The number of hydrogen-bond donors (Lipinski definition) is 1. The summed E-state index contributed by atoms with van der Waals surface area (Å²) in [6.45, 7) is 6.78. The average molecular weight is 220 g/mol. The van der Waals surface area contributed by atoms with Crippen LogP contribution in [0.3, 0.4) is 0 Å². The lowest BCUT2D eigenvalue weighted by Crippen LogP contribution is -2.22. The molecular weight excluding hydrogens is 204 g/mol. The van der Waals surface area contributed by atoms with Crippen LogP contribution in [0.1, 0.15) is 25.3 Å². The number of nitrogens with one attached hydrogen (secondary N) is 1. The Balaban J connectivity index is 2.19. The van der Waals surface area contributed by atoms with Crippen molar-refractivity contribution in [2.45, 2.75) is 33.4 Å². The monoisotopic (exact) mass is 220 g/mol. The summed E-state index contributed by atoms with van der Waals surface area (Å²) in [6, 6.07) is 4.23. The Morgan fingerprint density at radius 3 is 2.81 bits per heavy atom. The fraction of sp³-hybridized carbons (Fsp3) is 0.417. The van der Waals surface area contributed by atoms with Gasteiger partial charge in [-0.1, -0.05) is 13.8 Å². The molecule has 2 rings (SSSR count). The van der Waals surface area contributed by atoms with Gasteiger partial charge in [0.2, 0.25) is 0 Å². The second-order valence-electron chi connectivity index (χ2n) is 4.07. The van der Waals surface area contributed by atoms with Gasteiger partial charge < -0.3 is 14.2 Å². The van der Waals surface area contributed by atoms with Crippen molar-refractivity contribution < 1.29 is 8.83 Å². The third-order valence-corrected chi connectivity index (χ3v) is 2.28.